The van der Waals surface area contributed by atoms with Crippen molar-refractivity contribution in [3.63, 3.8) is 0 Å². The molecule has 0 spiro atoms. The van der Waals surface area contributed by atoms with Gasteiger partial charge in [0.1, 0.15) is 6.29 Å². The zero-order chi connectivity index (χ0) is 12.9. The van der Waals surface area contributed by atoms with Gasteiger partial charge in [-0.2, -0.15) is 0 Å². The predicted molar refractivity (Wildman–Crippen MR) is 70.0 cm³/mol. The SMILES string of the molecule is CC(C)CN(CC(C)C)CC1(C=O)CCOC1. The molecule has 0 N–H and O–H groups in total. The molecule has 0 aromatic rings. The van der Waals surface area contributed by atoms with Gasteiger partial charge in [0.05, 0.1) is 12.0 Å². The smallest absolute Gasteiger partial charge is 0.129 e. The van der Waals surface area contributed by atoms with Gasteiger partial charge in [-0.3, -0.25) is 0 Å². The summed E-state index contributed by atoms with van der Waals surface area (Å²) in [5, 5.41) is 0. The monoisotopic (exact) mass is 241 g/mol. The van der Waals surface area contributed by atoms with Crippen molar-refractivity contribution in [1.82, 2.24) is 4.90 Å². The molecule has 1 unspecified atom stereocenters. The summed E-state index contributed by atoms with van der Waals surface area (Å²) in [5.41, 5.74) is -0.246. The van der Waals surface area contributed by atoms with E-state index in [9.17, 15) is 4.79 Å². The Balaban J connectivity index is 2.59. The van der Waals surface area contributed by atoms with E-state index in [1.807, 2.05) is 0 Å². The molecule has 0 aliphatic carbocycles. The third kappa shape index (κ3) is 4.76. The summed E-state index contributed by atoms with van der Waals surface area (Å²) in [6, 6.07) is 0. The van der Waals surface area contributed by atoms with Crippen LogP contribution in [-0.2, 0) is 9.53 Å². The van der Waals surface area contributed by atoms with Crippen molar-refractivity contribution in [1.29, 1.82) is 0 Å². The molecule has 17 heavy (non-hydrogen) atoms. The molecule has 100 valence electrons. The molecule has 1 aliphatic heterocycles. The zero-order valence-electron chi connectivity index (χ0n) is 11.7. The minimum Gasteiger partial charge on any atom is -0.380 e. The molecule has 1 fully saturated rings. The molecule has 1 atom stereocenters. The van der Waals surface area contributed by atoms with Crippen LogP contribution in [0.2, 0.25) is 0 Å². The van der Waals surface area contributed by atoms with Gasteiger partial charge in [-0.25, -0.2) is 0 Å². The minimum absolute atomic E-state index is 0.246. The number of carbonyl (C=O) groups excluding carboxylic acids is 1. The number of rotatable bonds is 7. The maximum atomic E-state index is 11.3. The van der Waals surface area contributed by atoms with Gasteiger partial charge in [-0.15, -0.1) is 0 Å². The van der Waals surface area contributed by atoms with Crippen LogP contribution in [0.4, 0.5) is 0 Å². The average Bonchev–Trinajstić information content (AvgIpc) is 2.65. The van der Waals surface area contributed by atoms with E-state index in [-0.39, 0.29) is 5.41 Å². The van der Waals surface area contributed by atoms with Crippen LogP contribution in [0.25, 0.3) is 0 Å². The maximum absolute atomic E-state index is 11.3. The molecule has 1 rings (SSSR count). The van der Waals surface area contributed by atoms with Crippen molar-refractivity contribution in [3.05, 3.63) is 0 Å². The summed E-state index contributed by atoms with van der Waals surface area (Å²) in [4.78, 5) is 13.8. The Morgan fingerprint density at radius 1 is 1.24 bits per heavy atom. The lowest BCUT2D eigenvalue weighted by Gasteiger charge is -2.32. The van der Waals surface area contributed by atoms with Crippen molar-refractivity contribution >= 4 is 6.29 Å². The third-order valence-electron chi connectivity index (χ3n) is 3.17. The molecule has 3 nitrogen and oxygen atoms in total. The lowest BCUT2D eigenvalue weighted by Crippen LogP contribution is -2.42. The average molecular weight is 241 g/mol. The van der Waals surface area contributed by atoms with E-state index in [4.69, 9.17) is 4.74 Å². The highest BCUT2D eigenvalue weighted by Gasteiger charge is 2.36. The fourth-order valence-corrected chi connectivity index (χ4v) is 2.56. The fraction of sp³-hybridized carbons (Fsp3) is 0.929. The molecule has 0 radical (unpaired) electrons. The number of aldehydes is 1. The van der Waals surface area contributed by atoms with Crippen LogP contribution in [0, 0.1) is 17.3 Å². The minimum atomic E-state index is -0.246. The first-order valence-electron chi connectivity index (χ1n) is 6.74. The number of hydrogen-bond donors (Lipinski definition) is 0. The summed E-state index contributed by atoms with van der Waals surface area (Å²) >= 11 is 0. The molecule has 0 aromatic carbocycles. The van der Waals surface area contributed by atoms with Crippen LogP contribution in [-0.4, -0.2) is 44.0 Å². The summed E-state index contributed by atoms with van der Waals surface area (Å²) in [6.45, 7) is 13.2. The van der Waals surface area contributed by atoms with Crippen LogP contribution in [0.15, 0.2) is 0 Å². The molecule has 3 heteroatoms. The normalized spacial score (nSPS) is 25.1. The highest BCUT2D eigenvalue weighted by atomic mass is 16.5. The fourth-order valence-electron chi connectivity index (χ4n) is 2.56. The molecular weight excluding hydrogens is 214 g/mol. The lowest BCUT2D eigenvalue weighted by molar-refractivity contribution is -0.117. The van der Waals surface area contributed by atoms with Crippen molar-refractivity contribution in [2.45, 2.75) is 34.1 Å². The third-order valence-corrected chi connectivity index (χ3v) is 3.17. The molecule has 1 heterocycles. The zero-order valence-corrected chi connectivity index (χ0v) is 11.7. The Hall–Kier alpha value is -0.410. The van der Waals surface area contributed by atoms with Crippen LogP contribution in [0.3, 0.4) is 0 Å². The van der Waals surface area contributed by atoms with E-state index in [2.05, 4.69) is 32.6 Å². The van der Waals surface area contributed by atoms with Crippen LogP contribution < -0.4 is 0 Å². The van der Waals surface area contributed by atoms with E-state index in [0.29, 0.717) is 18.4 Å². The Bertz CT molecular complexity index is 222. The highest BCUT2D eigenvalue weighted by molar-refractivity contribution is 5.60. The first-order chi connectivity index (χ1) is 7.97. The number of hydrogen-bond acceptors (Lipinski definition) is 3. The largest absolute Gasteiger partial charge is 0.380 e. The van der Waals surface area contributed by atoms with Crippen molar-refractivity contribution in [2.75, 3.05) is 32.8 Å². The summed E-state index contributed by atoms with van der Waals surface area (Å²) < 4.78 is 5.40. The quantitative estimate of drug-likeness (QED) is 0.640. The number of nitrogens with zero attached hydrogens (tertiary/aromatic N) is 1. The predicted octanol–water partition coefficient (Wildman–Crippen LogP) is 2.21. The lowest BCUT2D eigenvalue weighted by atomic mass is 9.88. The van der Waals surface area contributed by atoms with Gasteiger partial charge in [0.25, 0.3) is 0 Å². The van der Waals surface area contributed by atoms with Gasteiger partial charge in [-0.05, 0) is 18.3 Å². The second-order valence-electron chi connectivity index (χ2n) is 6.26. The molecular formula is C14H27NO2. The van der Waals surface area contributed by atoms with E-state index in [1.54, 1.807) is 0 Å². The summed E-state index contributed by atoms with van der Waals surface area (Å²) in [5.74, 6) is 1.28. The number of carbonyl (C=O) groups is 1. The van der Waals surface area contributed by atoms with E-state index >= 15 is 0 Å². The van der Waals surface area contributed by atoms with Gasteiger partial charge < -0.3 is 14.4 Å². The van der Waals surface area contributed by atoms with E-state index < -0.39 is 0 Å². The first-order valence-corrected chi connectivity index (χ1v) is 6.74. The van der Waals surface area contributed by atoms with Crippen molar-refractivity contribution < 1.29 is 9.53 Å². The van der Waals surface area contributed by atoms with E-state index in [0.717, 1.165) is 38.9 Å². The molecule has 0 amide bonds. The Labute approximate surface area is 106 Å². The maximum Gasteiger partial charge on any atom is 0.129 e. The molecule has 0 aromatic heterocycles. The van der Waals surface area contributed by atoms with Gasteiger partial charge >= 0.3 is 0 Å². The van der Waals surface area contributed by atoms with Crippen LogP contribution in [0.1, 0.15) is 34.1 Å². The topological polar surface area (TPSA) is 29.5 Å². The summed E-state index contributed by atoms with van der Waals surface area (Å²) in [7, 11) is 0. The molecule has 0 saturated carbocycles. The molecule has 0 bridgehead atoms. The van der Waals surface area contributed by atoms with Gasteiger partial charge in [0.15, 0.2) is 0 Å². The van der Waals surface area contributed by atoms with E-state index in [1.165, 1.54) is 0 Å². The standard InChI is InChI=1S/C14H27NO2/c1-12(2)7-15(8-13(3)4)9-14(10-16)5-6-17-11-14/h10,12-13H,5-9,11H2,1-4H3. The second-order valence-corrected chi connectivity index (χ2v) is 6.26. The van der Waals surface area contributed by atoms with Crippen LogP contribution in [0.5, 0.6) is 0 Å². The van der Waals surface area contributed by atoms with Gasteiger partial charge in [0.2, 0.25) is 0 Å². The molecule has 1 aliphatic rings. The first kappa shape index (κ1) is 14.7. The Kier molecular flexibility index (Phi) is 5.60. The molecule has 1 saturated heterocycles. The number of ether oxygens (including phenoxy) is 1. The Morgan fingerprint density at radius 3 is 2.18 bits per heavy atom. The van der Waals surface area contributed by atoms with Gasteiger partial charge in [0, 0.05) is 26.2 Å². The summed E-state index contributed by atoms with van der Waals surface area (Å²) in [6.07, 6.45) is 2.00. The Morgan fingerprint density at radius 2 is 1.82 bits per heavy atom. The highest BCUT2D eigenvalue weighted by Crippen LogP contribution is 2.27. The van der Waals surface area contributed by atoms with Crippen LogP contribution >= 0.6 is 0 Å². The second kappa shape index (κ2) is 6.50. The van der Waals surface area contributed by atoms with Crippen molar-refractivity contribution in [3.8, 4) is 0 Å². The van der Waals surface area contributed by atoms with Crippen molar-refractivity contribution in [2.24, 2.45) is 17.3 Å². The van der Waals surface area contributed by atoms with Gasteiger partial charge in [-0.1, -0.05) is 27.7 Å².